The van der Waals surface area contributed by atoms with Crippen molar-refractivity contribution in [2.75, 3.05) is 0 Å². The van der Waals surface area contributed by atoms with Gasteiger partial charge in [-0.2, -0.15) is 0 Å². The fourth-order valence-electron chi connectivity index (χ4n) is 4.48. The fourth-order valence-corrected chi connectivity index (χ4v) is 4.48. The average Bonchev–Trinajstić information content (AvgIpc) is 2.84. The Hall–Kier alpha value is -4.18. The SMILES string of the molecule is CC(C)Cc1ccc(-c2ccccc2)c(-c2ccccc2C(=O)O)c1-c1ccccc1C(=O)O. The van der Waals surface area contributed by atoms with E-state index in [0.29, 0.717) is 17.0 Å². The largest absolute Gasteiger partial charge is 0.478 e. The highest BCUT2D eigenvalue weighted by atomic mass is 16.4. The molecule has 0 saturated carbocycles. The zero-order valence-corrected chi connectivity index (χ0v) is 19.2. The topological polar surface area (TPSA) is 74.6 Å². The van der Waals surface area contributed by atoms with Crippen molar-refractivity contribution in [2.24, 2.45) is 5.92 Å². The molecule has 0 saturated heterocycles. The van der Waals surface area contributed by atoms with Crippen LogP contribution in [0.15, 0.2) is 91.0 Å². The number of rotatable bonds is 7. The van der Waals surface area contributed by atoms with Gasteiger partial charge in [-0.1, -0.05) is 92.7 Å². The second kappa shape index (κ2) is 9.75. The molecule has 0 fully saturated rings. The van der Waals surface area contributed by atoms with Gasteiger partial charge in [0.2, 0.25) is 0 Å². The Balaban J connectivity index is 2.21. The van der Waals surface area contributed by atoms with Crippen LogP contribution >= 0.6 is 0 Å². The van der Waals surface area contributed by atoms with E-state index in [4.69, 9.17) is 0 Å². The van der Waals surface area contributed by atoms with Crippen LogP contribution in [0, 0.1) is 5.92 Å². The van der Waals surface area contributed by atoms with Gasteiger partial charge in [0.05, 0.1) is 11.1 Å². The van der Waals surface area contributed by atoms with Gasteiger partial charge in [-0.25, -0.2) is 9.59 Å². The van der Waals surface area contributed by atoms with E-state index in [1.165, 1.54) is 0 Å². The number of benzene rings is 4. The molecule has 0 unspecified atom stereocenters. The van der Waals surface area contributed by atoms with E-state index in [-0.39, 0.29) is 11.1 Å². The van der Waals surface area contributed by atoms with Crippen LogP contribution < -0.4 is 0 Å². The van der Waals surface area contributed by atoms with E-state index in [1.807, 2.05) is 60.7 Å². The Kier molecular flexibility index (Phi) is 6.60. The van der Waals surface area contributed by atoms with Gasteiger partial charge in [-0.05, 0) is 63.4 Å². The van der Waals surface area contributed by atoms with E-state index in [1.54, 1.807) is 30.3 Å². The molecule has 0 spiro atoms. The highest BCUT2D eigenvalue weighted by Gasteiger charge is 2.24. The predicted molar refractivity (Wildman–Crippen MR) is 135 cm³/mol. The summed E-state index contributed by atoms with van der Waals surface area (Å²) < 4.78 is 0. The van der Waals surface area contributed by atoms with Crippen molar-refractivity contribution in [1.29, 1.82) is 0 Å². The van der Waals surface area contributed by atoms with Crippen LogP contribution in [0.2, 0.25) is 0 Å². The maximum Gasteiger partial charge on any atom is 0.336 e. The van der Waals surface area contributed by atoms with Gasteiger partial charge in [-0.15, -0.1) is 0 Å². The number of hydrogen-bond acceptors (Lipinski definition) is 2. The third kappa shape index (κ3) is 4.48. The lowest BCUT2D eigenvalue weighted by atomic mass is 9.80. The summed E-state index contributed by atoms with van der Waals surface area (Å²) in [5, 5.41) is 20.0. The van der Waals surface area contributed by atoms with Gasteiger partial charge in [0.25, 0.3) is 0 Å². The van der Waals surface area contributed by atoms with Crippen molar-refractivity contribution in [3.8, 4) is 33.4 Å². The number of hydrogen-bond donors (Lipinski definition) is 2. The zero-order valence-electron chi connectivity index (χ0n) is 19.2. The Morgan fingerprint density at radius 3 is 1.65 bits per heavy atom. The first-order chi connectivity index (χ1) is 16.4. The molecule has 0 aliphatic carbocycles. The standard InChI is InChI=1S/C30H26O4/c1-19(2)18-21-16-17-22(20-10-4-3-5-11-20)28(24-13-7-9-15-26(24)30(33)34)27(21)23-12-6-8-14-25(23)29(31)32/h3-17,19H,18H2,1-2H3,(H,31,32)(H,33,34). The van der Waals surface area contributed by atoms with E-state index in [9.17, 15) is 19.8 Å². The molecule has 4 rings (SSSR count). The second-order valence-electron chi connectivity index (χ2n) is 8.69. The van der Waals surface area contributed by atoms with Crippen molar-refractivity contribution in [3.63, 3.8) is 0 Å². The van der Waals surface area contributed by atoms with E-state index >= 15 is 0 Å². The maximum atomic E-state index is 12.2. The van der Waals surface area contributed by atoms with Crippen LogP contribution in [0.5, 0.6) is 0 Å². The van der Waals surface area contributed by atoms with Crippen molar-refractivity contribution in [2.45, 2.75) is 20.3 Å². The van der Waals surface area contributed by atoms with Crippen LogP contribution in [0.25, 0.3) is 33.4 Å². The van der Waals surface area contributed by atoms with Gasteiger partial charge < -0.3 is 10.2 Å². The molecule has 0 radical (unpaired) electrons. The molecular formula is C30H26O4. The predicted octanol–water partition coefficient (Wildman–Crippen LogP) is 7.28. The minimum absolute atomic E-state index is 0.176. The highest BCUT2D eigenvalue weighted by molar-refractivity contribution is 6.06. The van der Waals surface area contributed by atoms with Crippen molar-refractivity contribution < 1.29 is 19.8 Å². The zero-order chi connectivity index (χ0) is 24.2. The third-order valence-corrected chi connectivity index (χ3v) is 5.86. The van der Waals surface area contributed by atoms with Gasteiger partial charge in [0.1, 0.15) is 0 Å². The van der Waals surface area contributed by atoms with E-state index in [2.05, 4.69) is 13.8 Å². The molecule has 0 aliphatic rings. The average molecular weight is 451 g/mol. The minimum Gasteiger partial charge on any atom is -0.478 e. The lowest BCUT2D eigenvalue weighted by molar-refractivity contribution is 0.0686. The number of carboxylic acids is 2. The van der Waals surface area contributed by atoms with Crippen molar-refractivity contribution >= 4 is 11.9 Å². The Labute approximate surface area is 199 Å². The molecule has 0 aromatic heterocycles. The number of carbonyl (C=O) groups is 2. The molecule has 0 heterocycles. The molecule has 4 aromatic carbocycles. The summed E-state index contributed by atoms with van der Waals surface area (Å²) in [6, 6.07) is 27.7. The normalized spacial score (nSPS) is 10.9. The van der Waals surface area contributed by atoms with Gasteiger partial charge in [-0.3, -0.25) is 0 Å². The van der Waals surface area contributed by atoms with Gasteiger partial charge in [0, 0.05) is 0 Å². The van der Waals surface area contributed by atoms with Crippen LogP contribution in [0.3, 0.4) is 0 Å². The quantitative estimate of drug-likeness (QED) is 0.310. The summed E-state index contributed by atoms with van der Waals surface area (Å²) in [5.41, 5.74) is 5.78. The van der Waals surface area contributed by atoms with Gasteiger partial charge >= 0.3 is 11.9 Å². The monoisotopic (exact) mass is 450 g/mol. The van der Waals surface area contributed by atoms with Crippen molar-refractivity contribution in [1.82, 2.24) is 0 Å². The third-order valence-electron chi connectivity index (χ3n) is 5.86. The molecule has 0 aliphatic heterocycles. The summed E-state index contributed by atoms with van der Waals surface area (Å²) in [4.78, 5) is 24.4. The summed E-state index contributed by atoms with van der Waals surface area (Å²) in [5.74, 6) is -1.73. The van der Waals surface area contributed by atoms with Crippen LogP contribution in [0.1, 0.15) is 40.1 Å². The van der Waals surface area contributed by atoms with Crippen molar-refractivity contribution in [3.05, 3.63) is 108 Å². The molecule has 4 nitrogen and oxygen atoms in total. The summed E-state index contributed by atoms with van der Waals surface area (Å²) >= 11 is 0. The van der Waals surface area contributed by atoms with Crippen LogP contribution in [-0.2, 0) is 6.42 Å². The molecular weight excluding hydrogens is 424 g/mol. The van der Waals surface area contributed by atoms with Crippen LogP contribution in [-0.4, -0.2) is 22.2 Å². The highest BCUT2D eigenvalue weighted by Crippen LogP contribution is 2.45. The first-order valence-electron chi connectivity index (χ1n) is 11.2. The lowest BCUT2D eigenvalue weighted by Gasteiger charge is -2.23. The summed E-state index contributed by atoms with van der Waals surface area (Å²) in [6.07, 6.45) is 0.723. The minimum atomic E-state index is -1.03. The summed E-state index contributed by atoms with van der Waals surface area (Å²) in [6.45, 7) is 4.23. The Bertz CT molecular complexity index is 1350. The molecule has 170 valence electrons. The van der Waals surface area contributed by atoms with Crippen LogP contribution in [0.4, 0.5) is 0 Å². The first kappa shape index (κ1) is 23.0. The lowest BCUT2D eigenvalue weighted by Crippen LogP contribution is -2.07. The molecule has 4 aromatic rings. The Morgan fingerprint density at radius 2 is 1.12 bits per heavy atom. The smallest absolute Gasteiger partial charge is 0.336 e. The molecule has 34 heavy (non-hydrogen) atoms. The number of carboxylic acid groups (broad SMARTS) is 2. The number of aromatic carboxylic acids is 2. The molecule has 4 heteroatoms. The molecule has 2 N–H and O–H groups in total. The fraction of sp³-hybridized carbons (Fsp3) is 0.133. The van der Waals surface area contributed by atoms with Gasteiger partial charge in [0.15, 0.2) is 0 Å². The maximum absolute atomic E-state index is 12.2. The summed E-state index contributed by atoms with van der Waals surface area (Å²) in [7, 11) is 0. The van der Waals surface area contributed by atoms with E-state index in [0.717, 1.165) is 34.2 Å². The second-order valence-corrected chi connectivity index (χ2v) is 8.69. The Morgan fingerprint density at radius 1 is 0.618 bits per heavy atom. The molecule has 0 atom stereocenters. The molecule has 0 bridgehead atoms. The first-order valence-corrected chi connectivity index (χ1v) is 11.2. The molecule has 0 amide bonds. The van der Waals surface area contributed by atoms with E-state index < -0.39 is 11.9 Å².